The van der Waals surface area contributed by atoms with Gasteiger partial charge in [-0.25, -0.2) is 0 Å². The van der Waals surface area contributed by atoms with E-state index in [9.17, 15) is 0 Å². The van der Waals surface area contributed by atoms with Crippen molar-refractivity contribution in [3.63, 3.8) is 0 Å². The van der Waals surface area contributed by atoms with Crippen molar-refractivity contribution in [2.24, 2.45) is 0 Å². The van der Waals surface area contributed by atoms with Crippen molar-refractivity contribution in [2.45, 2.75) is 38.8 Å². The van der Waals surface area contributed by atoms with Crippen LogP contribution in [-0.2, 0) is 13.1 Å². The van der Waals surface area contributed by atoms with Gasteiger partial charge in [0, 0.05) is 34.0 Å². The van der Waals surface area contributed by atoms with E-state index < -0.39 is 0 Å². The molecule has 0 saturated carbocycles. The number of para-hydroxylation sites is 1. The van der Waals surface area contributed by atoms with E-state index in [0.29, 0.717) is 5.92 Å². The molecular formula is C34H32Cl2N2. The summed E-state index contributed by atoms with van der Waals surface area (Å²) in [4.78, 5) is 2.60. The maximum absolute atomic E-state index is 6.56. The third-order valence-corrected chi connectivity index (χ3v) is 8.62. The lowest BCUT2D eigenvalue weighted by atomic mass is 9.89. The molecule has 0 atom stereocenters. The Labute approximate surface area is 235 Å². The summed E-state index contributed by atoms with van der Waals surface area (Å²) in [7, 11) is 0. The van der Waals surface area contributed by atoms with Crippen LogP contribution in [0.3, 0.4) is 0 Å². The highest BCUT2D eigenvalue weighted by Crippen LogP contribution is 2.40. The second kappa shape index (κ2) is 11.0. The van der Waals surface area contributed by atoms with Crippen LogP contribution in [-0.4, -0.2) is 22.6 Å². The van der Waals surface area contributed by atoms with Crippen LogP contribution in [0.4, 0.5) is 0 Å². The van der Waals surface area contributed by atoms with Gasteiger partial charge in [0.25, 0.3) is 0 Å². The second-order valence-electron chi connectivity index (χ2n) is 10.5. The van der Waals surface area contributed by atoms with Gasteiger partial charge >= 0.3 is 0 Å². The van der Waals surface area contributed by atoms with E-state index in [2.05, 4.69) is 95.3 Å². The average Bonchev–Trinajstić information content (AvgIpc) is 3.24. The molecule has 0 amide bonds. The van der Waals surface area contributed by atoms with E-state index in [1.54, 1.807) is 0 Å². The molecule has 0 aliphatic carbocycles. The Balaban J connectivity index is 1.36. The number of hydrogen-bond acceptors (Lipinski definition) is 1. The quantitative estimate of drug-likeness (QED) is 0.209. The van der Waals surface area contributed by atoms with E-state index >= 15 is 0 Å². The van der Waals surface area contributed by atoms with Gasteiger partial charge in [0.05, 0.1) is 5.69 Å². The molecule has 0 unspecified atom stereocenters. The van der Waals surface area contributed by atoms with E-state index in [4.69, 9.17) is 23.2 Å². The average molecular weight is 540 g/mol. The summed E-state index contributed by atoms with van der Waals surface area (Å²) < 4.78 is 2.51. The number of nitrogens with zero attached hydrogens (tertiary/aromatic N) is 2. The van der Waals surface area contributed by atoms with Gasteiger partial charge in [-0.1, -0.05) is 108 Å². The first kappa shape index (κ1) is 25.2. The summed E-state index contributed by atoms with van der Waals surface area (Å²) in [5.41, 5.74) is 9.02. The smallest absolute Gasteiger partial charge is 0.0540 e. The molecule has 1 fully saturated rings. The Hall–Kier alpha value is -3.04. The maximum atomic E-state index is 6.56. The molecule has 6 rings (SSSR count). The Bertz CT molecular complexity index is 1530. The molecule has 0 radical (unpaired) electrons. The lowest BCUT2D eigenvalue weighted by Gasteiger charge is -2.33. The van der Waals surface area contributed by atoms with Crippen LogP contribution < -0.4 is 0 Å². The number of halogens is 2. The van der Waals surface area contributed by atoms with Gasteiger partial charge in [0.1, 0.15) is 0 Å². The predicted molar refractivity (Wildman–Crippen MR) is 161 cm³/mol. The molecule has 2 nitrogen and oxygen atoms in total. The second-order valence-corrected chi connectivity index (χ2v) is 11.3. The van der Waals surface area contributed by atoms with Gasteiger partial charge in [0.15, 0.2) is 0 Å². The monoisotopic (exact) mass is 538 g/mol. The topological polar surface area (TPSA) is 8.17 Å². The Morgan fingerprint density at radius 3 is 2.08 bits per heavy atom. The Morgan fingerprint density at radius 1 is 0.711 bits per heavy atom. The predicted octanol–water partition coefficient (Wildman–Crippen LogP) is 9.35. The van der Waals surface area contributed by atoms with Crippen LogP contribution in [0.15, 0.2) is 97.1 Å². The summed E-state index contributed by atoms with van der Waals surface area (Å²) in [6, 6.07) is 34.5. The van der Waals surface area contributed by atoms with Gasteiger partial charge in [0.2, 0.25) is 0 Å². The van der Waals surface area contributed by atoms with Crippen LogP contribution in [0.1, 0.15) is 41.0 Å². The Morgan fingerprint density at radius 2 is 1.37 bits per heavy atom. The minimum atomic E-state index is 0.406. The van der Waals surface area contributed by atoms with E-state index in [1.165, 1.54) is 38.9 Å². The molecule has 1 aliphatic heterocycles. The molecular weight excluding hydrogens is 507 g/mol. The van der Waals surface area contributed by atoms with Crippen LogP contribution >= 0.6 is 23.2 Å². The highest BCUT2D eigenvalue weighted by atomic mass is 35.5. The first-order valence-electron chi connectivity index (χ1n) is 13.5. The molecule has 4 aromatic carbocycles. The molecule has 192 valence electrons. The van der Waals surface area contributed by atoms with Gasteiger partial charge < -0.3 is 4.57 Å². The number of rotatable bonds is 6. The summed E-state index contributed by atoms with van der Waals surface area (Å²) in [6.07, 6.45) is 2.12. The number of likely N-dealkylation sites (tertiary alicyclic amines) is 1. The fourth-order valence-corrected chi connectivity index (χ4v) is 6.71. The van der Waals surface area contributed by atoms with Crippen molar-refractivity contribution in [1.82, 2.24) is 9.47 Å². The molecule has 0 bridgehead atoms. The fraction of sp³-hybridized carbons (Fsp3) is 0.235. The largest absolute Gasteiger partial charge is 0.336 e. The Kier molecular flexibility index (Phi) is 7.30. The van der Waals surface area contributed by atoms with Crippen molar-refractivity contribution in [3.05, 3.63) is 129 Å². The van der Waals surface area contributed by atoms with E-state index in [1.807, 2.05) is 18.2 Å². The maximum Gasteiger partial charge on any atom is 0.0540 e. The van der Waals surface area contributed by atoms with Crippen LogP contribution in [0.5, 0.6) is 0 Å². The van der Waals surface area contributed by atoms with Gasteiger partial charge in [-0.3, -0.25) is 4.90 Å². The van der Waals surface area contributed by atoms with E-state index in [-0.39, 0.29) is 0 Å². The number of hydrogen-bond donors (Lipinski definition) is 0. The van der Waals surface area contributed by atoms with E-state index in [0.717, 1.165) is 54.6 Å². The minimum absolute atomic E-state index is 0.406. The lowest BCUT2D eigenvalue weighted by Crippen LogP contribution is -2.32. The van der Waals surface area contributed by atoms with Crippen molar-refractivity contribution in [2.75, 3.05) is 13.1 Å². The zero-order chi connectivity index (χ0) is 26.1. The fourth-order valence-electron chi connectivity index (χ4n) is 6.01. The lowest BCUT2D eigenvalue weighted by molar-refractivity contribution is 0.205. The standard InChI is InChI=1S/C34H32Cl2N2/c1-24-14-16-25(17-15-24)22-38-32-13-6-5-10-28(32)29(34(38)27-8-3-2-4-9-27)23-37-20-18-26(19-21-37)33-30(35)11-7-12-31(33)36/h2-17,26H,18-23H2,1H3. The van der Waals surface area contributed by atoms with Crippen LogP contribution in [0.2, 0.25) is 10.0 Å². The normalized spacial score (nSPS) is 14.8. The number of aryl methyl sites for hydroxylation is 1. The zero-order valence-corrected chi connectivity index (χ0v) is 23.2. The van der Waals surface area contributed by atoms with Gasteiger partial charge in [-0.15, -0.1) is 0 Å². The summed E-state index contributed by atoms with van der Waals surface area (Å²) in [5, 5.41) is 2.93. The molecule has 1 aromatic heterocycles. The number of aromatic nitrogens is 1. The summed E-state index contributed by atoms with van der Waals surface area (Å²) >= 11 is 13.1. The third-order valence-electron chi connectivity index (χ3n) is 7.96. The number of benzene rings is 4. The zero-order valence-electron chi connectivity index (χ0n) is 21.7. The molecule has 5 aromatic rings. The summed E-state index contributed by atoms with van der Waals surface area (Å²) in [5.74, 6) is 0.406. The van der Waals surface area contributed by atoms with Gasteiger partial charge in [-0.05, 0) is 79.2 Å². The molecule has 0 N–H and O–H groups in total. The molecule has 2 heterocycles. The molecule has 1 aliphatic rings. The first-order valence-corrected chi connectivity index (χ1v) is 14.2. The SMILES string of the molecule is Cc1ccc(Cn2c(-c3ccccc3)c(CN3CCC(c4c(Cl)cccc4Cl)CC3)c3ccccc32)cc1. The molecule has 1 saturated heterocycles. The van der Waals surface area contributed by atoms with Crippen molar-refractivity contribution < 1.29 is 0 Å². The van der Waals surface area contributed by atoms with Gasteiger partial charge in [-0.2, -0.15) is 0 Å². The van der Waals surface area contributed by atoms with Crippen molar-refractivity contribution in [1.29, 1.82) is 0 Å². The highest BCUT2D eigenvalue weighted by molar-refractivity contribution is 6.36. The highest BCUT2D eigenvalue weighted by Gasteiger charge is 2.26. The number of piperidine rings is 1. The minimum Gasteiger partial charge on any atom is -0.336 e. The first-order chi connectivity index (χ1) is 18.6. The van der Waals surface area contributed by atoms with Crippen LogP contribution in [0, 0.1) is 6.92 Å². The molecule has 4 heteroatoms. The molecule has 38 heavy (non-hydrogen) atoms. The van der Waals surface area contributed by atoms with Crippen molar-refractivity contribution in [3.8, 4) is 11.3 Å². The van der Waals surface area contributed by atoms with Crippen LogP contribution in [0.25, 0.3) is 22.2 Å². The number of fused-ring (bicyclic) bond motifs is 1. The third kappa shape index (κ3) is 5.01. The van der Waals surface area contributed by atoms with Crippen molar-refractivity contribution >= 4 is 34.1 Å². The summed E-state index contributed by atoms with van der Waals surface area (Å²) in [6.45, 7) is 5.97. The molecule has 0 spiro atoms.